The lowest BCUT2D eigenvalue weighted by Crippen LogP contribution is -2.20. The van der Waals surface area contributed by atoms with Crippen LogP contribution >= 0.6 is 11.8 Å². The Labute approximate surface area is 160 Å². The Kier molecular flexibility index (Phi) is 6.08. The van der Waals surface area contributed by atoms with Crippen molar-refractivity contribution in [3.63, 3.8) is 0 Å². The van der Waals surface area contributed by atoms with Crippen LogP contribution < -0.4 is 10.1 Å². The van der Waals surface area contributed by atoms with Crippen molar-refractivity contribution in [1.82, 2.24) is 10.2 Å². The Morgan fingerprint density at radius 3 is 2.74 bits per heavy atom. The fraction of sp³-hybridized carbons (Fsp3) is 0.211. The highest BCUT2D eigenvalue weighted by Gasteiger charge is 2.12. The van der Waals surface area contributed by atoms with Crippen molar-refractivity contribution in [3.8, 4) is 17.2 Å². The van der Waals surface area contributed by atoms with Crippen LogP contribution in [0.2, 0.25) is 0 Å². The number of hydrogen-bond acceptors (Lipinski definition) is 6. The van der Waals surface area contributed by atoms with Crippen LogP contribution in [0.15, 0.2) is 57.8 Å². The van der Waals surface area contributed by atoms with Crippen LogP contribution in [-0.4, -0.2) is 28.0 Å². The van der Waals surface area contributed by atoms with Crippen molar-refractivity contribution in [1.29, 1.82) is 0 Å². The zero-order valence-electron chi connectivity index (χ0n) is 14.8. The molecule has 0 saturated carbocycles. The van der Waals surface area contributed by atoms with E-state index in [0.29, 0.717) is 16.9 Å². The molecule has 1 aromatic heterocycles. The summed E-state index contributed by atoms with van der Waals surface area (Å²) in [6.45, 7) is 3.97. The number of nitrogens with zero attached hydrogens (tertiary/aromatic N) is 2. The molecule has 0 bridgehead atoms. The first-order chi connectivity index (χ1) is 13.0. The van der Waals surface area contributed by atoms with Crippen LogP contribution in [0.5, 0.6) is 5.75 Å². The summed E-state index contributed by atoms with van der Waals surface area (Å²) < 4.78 is 23.6. The van der Waals surface area contributed by atoms with E-state index in [2.05, 4.69) is 29.4 Å². The van der Waals surface area contributed by atoms with E-state index in [1.54, 1.807) is 11.8 Å². The van der Waals surface area contributed by atoms with E-state index in [-0.39, 0.29) is 18.4 Å². The molecule has 3 rings (SSSR count). The number of thioether (sulfide) groups is 1. The molecule has 27 heavy (non-hydrogen) atoms. The number of carbonyl (C=O) groups is 1. The van der Waals surface area contributed by atoms with E-state index in [9.17, 15) is 9.18 Å². The monoisotopic (exact) mass is 387 g/mol. The van der Waals surface area contributed by atoms with Crippen LogP contribution in [0.1, 0.15) is 13.8 Å². The van der Waals surface area contributed by atoms with Gasteiger partial charge in [0.25, 0.3) is 5.91 Å². The number of anilines is 1. The van der Waals surface area contributed by atoms with E-state index >= 15 is 0 Å². The third-order valence-electron chi connectivity index (χ3n) is 3.31. The summed E-state index contributed by atoms with van der Waals surface area (Å²) >= 11 is 1.73. The highest BCUT2D eigenvalue weighted by Crippen LogP contribution is 2.28. The van der Waals surface area contributed by atoms with Gasteiger partial charge in [-0.25, -0.2) is 4.39 Å². The SMILES string of the molecule is CC(C)Sc1cccc(-c2nnc(NC(=O)COc3ccc(F)cc3)o2)c1. The molecule has 140 valence electrons. The predicted molar refractivity (Wildman–Crippen MR) is 101 cm³/mol. The van der Waals surface area contributed by atoms with Gasteiger partial charge in [-0.15, -0.1) is 16.9 Å². The normalized spacial score (nSPS) is 10.8. The van der Waals surface area contributed by atoms with Crippen molar-refractivity contribution in [2.75, 3.05) is 11.9 Å². The summed E-state index contributed by atoms with van der Waals surface area (Å²) in [5, 5.41) is 10.7. The van der Waals surface area contributed by atoms with E-state index in [4.69, 9.17) is 9.15 Å². The highest BCUT2D eigenvalue weighted by molar-refractivity contribution is 7.99. The van der Waals surface area contributed by atoms with Crippen molar-refractivity contribution in [3.05, 3.63) is 54.3 Å². The van der Waals surface area contributed by atoms with Crippen molar-refractivity contribution >= 4 is 23.7 Å². The Balaban J connectivity index is 1.59. The lowest BCUT2D eigenvalue weighted by Gasteiger charge is -2.05. The molecule has 0 radical (unpaired) electrons. The Morgan fingerprint density at radius 1 is 1.22 bits per heavy atom. The lowest BCUT2D eigenvalue weighted by atomic mass is 10.2. The van der Waals surface area contributed by atoms with Gasteiger partial charge in [0.15, 0.2) is 6.61 Å². The Bertz CT molecular complexity index is 913. The predicted octanol–water partition coefficient (Wildman–Crippen LogP) is 4.39. The minimum atomic E-state index is -0.460. The number of rotatable bonds is 7. The molecule has 2 aromatic carbocycles. The van der Waals surface area contributed by atoms with Gasteiger partial charge in [0.1, 0.15) is 11.6 Å². The third-order valence-corrected chi connectivity index (χ3v) is 4.31. The van der Waals surface area contributed by atoms with Gasteiger partial charge in [-0.1, -0.05) is 25.0 Å². The van der Waals surface area contributed by atoms with Crippen LogP contribution in [0.3, 0.4) is 0 Å². The summed E-state index contributed by atoms with van der Waals surface area (Å²) in [6.07, 6.45) is 0. The van der Waals surface area contributed by atoms with Crippen molar-refractivity contribution in [2.24, 2.45) is 0 Å². The van der Waals surface area contributed by atoms with Gasteiger partial charge in [0.2, 0.25) is 5.89 Å². The van der Waals surface area contributed by atoms with Crippen LogP contribution in [0.25, 0.3) is 11.5 Å². The molecule has 1 N–H and O–H groups in total. The molecule has 0 aliphatic carbocycles. The molecule has 8 heteroatoms. The van der Waals surface area contributed by atoms with E-state index in [1.165, 1.54) is 24.3 Å². The molecule has 1 heterocycles. The fourth-order valence-corrected chi connectivity index (χ4v) is 3.10. The van der Waals surface area contributed by atoms with Crippen molar-refractivity contribution < 1.29 is 18.3 Å². The fourth-order valence-electron chi connectivity index (χ4n) is 2.20. The molecule has 0 saturated heterocycles. The molecule has 0 aliphatic heterocycles. The van der Waals surface area contributed by atoms with Gasteiger partial charge in [0, 0.05) is 15.7 Å². The molecule has 0 spiro atoms. The van der Waals surface area contributed by atoms with Crippen LogP contribution in [-0.2, 0) is 4.79 Å². The molecule has 0 atom stereocenters. The molecule has 0 aliphatic rings. The zero-order valence-corrected chi connectivity index (χ0v) is 15.6. The lowest BCUT2D eigenvalue weighted by molar-refractivity contribution is -0.118. The molecule has 0 unspecified atom stereocenters. The summed E-state index contributed by atoms with van der Waals surface area (Å²) in [4.78, 5) is 13.0. The van der Waals surface area contributed by atoms with Gasteiger partial charge >= 0.3 is 6.01 Å². The number of nitrogens with one attached hydrogen (secondary N) is 1. The molecule has 3 aromatic rings. The molecule has 6 nitrogen and oxygen atoms in total. The highest BCUT2D eigenvalue weighted by atomic mass is 32.2. The summed E-state index contributed by atoms with van der Waals surface area (Å²) in [5.41, 5.74) is 0.774. The molecule has 0 fully saturated rings. The number of ether oxygens (including phenoxy) is 1. The second kappa shape index (κ2) is 8.68. The molecular weight excluding hydrogens is 369 g/mol. The maximum absolute atomic E-state index is 12.8. The topological polar surface area (TPSA) is 77.2 Å². The standard InChI is InChI=1S/C19H18FN3O3S/c1-12(2)27-16-5-3-4-13(10-16)18-22-23-19(26-18)21-17(24)11-25-15-8-6-14(20)7-9-15/h3-10,12H,11H2,1-2H3,(H,21,23,24). The minimum Gasteiger partial charge on any atom is -0.484 e. The maximum atomic E-state index is 12.8. The largest absolute Gasteiger partial charge is 0.484 e. The number of hydrogen-bond donors (Lipinski definition) is 1. The first-order valence-corrected chi connectivity index (χ1v) is 9.16. The zero-order chi connectivity index (χ0) is 19.2. The number of carbonyl (C=O) groups excluding carboxylic acids is 1. The summed E-state index contributed by atoms with van der Waals surface area (Å²) in [7, 11) is 0. The van der Waals surface area contributed by atoms with E-state index < -0.39 is 5.91 Å². The van der Waals surface area contributed by atoms with Gasteiger partial charge in [-0.2, -0.15) is 0 Å². The average Bonchev–Trinajstić information content (AvgIpc) is 3.09. The van der Waals surface area contributed by atoms with Crippen molar-refractivity contribution in [2.45, 2.75) is 24.0 Å². The first kappa shape index (κ1) is 18.9. The number of amides is 1. The van der Waals surface area contributed by atoms with Gasteiger partial charge in [-0.3, -0.25) is 10.1 Å². The van der Waals surface area contributed by atoms with E-state index in [0.717, 1.165) is 10.5 Å². The quantitative estimate of drug-likeness (QED) is 0.606. The number of halogens is 1. The van der Waals surface area contributed by atoms with Gasteiger partial charge in [-0.05, 0) is 42.5 Å². The Hall–Kier alpha value is -2.87. The second-order valence-electron chi connectivity index (χ2n) is 5.90. The van der Waals surface area contributed by atoms with Crippen LogP contribution in [0, 0.1) is 5.82 Å². The Morgan fingerprint density at radius 2 is 2.00 bits per heavy atom. The summed E-state index contributed by atoms with van der Waals surface area (Å²) in [5.74, 6) is -0.132. The van der Waals surface area contributed by atoms with Gasteiger partial charge < -0.3 is 9.15 Å². The number of aromatic nitrogens is 2. The van der Waals surface area contributed by atoms with E-state index in [1.807, 2.05) is 24.3 Å². The smallest absolute Gasteiger partial charge is 0.322 e. The third kappa shape index (κ3) is 5.55. The first-order valence-electron chi connectivity index (χ1n) is 8.28. The summed E-state index contributed by atoms with van der Waals surface area (Å²) in [6, 6.07) is 13.1. The molecule has 1 amide bonds. The average molecular weight is 387 g/mol. The minimum absolute atomic E-state index is 0.0142. The maximum Gasteiger partial charge on any atom is 0.322 e. The molecular formula is C19H18FN3O3S. The second-order valence-corrected chi connectivity index (χ2v) is 7.55. The van der Waals surface area contributed by atoms with Crippen LogP contribution in [0.4, 0.5) is 10.4 Å². The van der Waals surface area contributed by atoms with Gasteiger partial charge in [0.05, 0.1) is 0 Å². The number of benzene rings is 2.